The zero-order chi connectivity index (χ0) is 13.2. The molecule has 3 heterocycles. The van der Waals surface area contributed by atoms with Crippen molar-refractivity contribution in [3.8, 4) is 0 Å². The summed E-state index contributed by atoms with van der Waals surface area (Å²) in [5.74, 6) is 0.179. The van der Waals surface area contributed by atoms with E-state index in [9.17, 15) is 0 Å². The van der Waals surface area contributed by atoms with Crippen LogP contribution in [0.2, 0.25) is 0 Å². The van der Waals surface area contributed by atoms with Gasteiger partial charge in [0.05, 0.1) is 5.92 Å². The summed E-state index contributed by atoms with van der Waals surface area (Å²) in [6.45, 7) is 4.16. The highest BCUT2D eigenvalue weighted by Crippen LogP contribution is 2.31. The molecule has 19 heavy (non-hydrogen) atoms. The van der Waals surface area contributed by atoms with Gasteiger partial charge >= 0.3 is 0 Å². The number of aromatic amines is 2. The number of aryl methyl sites for hydroxylation is 2. The van der Waals surface area contributed by atoms with Crippen molar-refractivity contribution in [3.63, 3.8) is 0 Å². The zero-order valence-corrected chi connectivity index (χ0v) is 11.1. The molecule has 0 aliphatic rings. The molecule has 3 aromatic heterocycles. The van der Waals surface area contributed by atoms with Crippen LogP contribution in [0.25, 0.3) is 0 Å². The highest BCUT2D eigenvalue weighted by molar-refractivity contribution is 5.41. The summed E-state index contributed by atoms with van der Waals surface area (Å²) in [5.41, 5.74) is 5.91. The average molecular weight is 251 g/mol. The Hall–Kier alpha value is -2.29. The predicted octanol–water partition coefficient (Wildman–Crippen LogP) is 3.53. The van der Waals surface area contributed by atoms with Crippen LogP contribution in [0.3, 0.4) is 0 Å². The normalized spacial score (nSPS) is 11.1. The Labute approximate surface area is 112 Å². The molecule has 0 aromatic carbocycles. The van der Waals surface area contributed by atoms with Crippen molar-refractivity contribution >= 4 is 0 Å². The van der Waals surface area contributed by atoms with Gasteiger partial charge in [0.2, 0.25) is 0 Å². The molecule has 0 fully saturated rings. The second-order valence-electron chi connectivity index (χ2n) is 4.87. The number of rotatable bonds is 3. The molecule has 0 saturated carbocycles. The van der Waals surface area contributed by atoms with Crippen LogP contribution in [0.5, 0.6) is 0 Å². The molecule has 0 amide bonds. The van der Waals surface area contributed by atoms with Crippen LogP contribution >= 0.6 is 0 Å². The molecule has 0 spiro atoms. The average Bonchev–Trinajstić information content (AvgIpc) is 3.06. The summed E-state index contributed by atoms with van der Waals surface area (Å²) in [7, 11) is 0. The standard InChI is InChI=1S/C16H17N3/c1-11-9-12(2)19-10-13(11)16(14-5-3-7-17-14)15-6-4-8-18-15/h3-10,16-18H,1-2H3. The summed E-state index contributed by atoms with van der Waals surface area (Å²) in [4.78, 5) is 11.1. The van der Waals surface area contributed by atoms with E-state index in [0.717, 1.165) is 5.69 Å². The molecule has 0 aliphatic carbocycles. The number of hydrogen-bond acceptors (Lipinski definition) is 1. The van der Waals surface area contributed by atoms with Crippen molar-refractivity contribution < 1.29 is 0 Å². The molecule has 96 valence electrons. The lowest BCUT2D eigenvalue weighted by molar-refractivity contribution is 0.876. The van der Waals surface area contributed by atoms with Gasteiger partial charge in [-0.2, -0.15) is 0 Å². The highest BCUT2D eigenvalue weighted by atomic mass is 14.8. The molecule has 3 nitrogen and oxygen atoms in total. The van der Waals surface area contributed by atoms with Crippen molar-refractivity contribution in [3.05, 3.63) is 77.1 Å². The Balaban J connectivity index is 2.14. The van der Waals surface area contributed by atoms with Crippen molar-refractivity contribution in [2.75, 3.05) is 0 Å². The zero-order valence-electron chi connectivity index (χ0n) is 11.1. The lowest BCUT2D eigenvalue weighted by Gasteiger charge is -2.17. The highest BCUT2D eigenvalue weighted by Gasteiger charge is 2.20. The lowest BCUT2D eigenvalue weighted by atomic mass is 9.90. The molecule has 3 heteroatoms. The van der Waals surface area contributed by atoms with Gasteiger partial charge in [-0.15, -0.1) is 0 Å². The van der Waals surface area contributed by atoms with Gasteiger partial charge in [-0.3, -0.25) is 4.98 Å². The minimum Gasteiger partial charge on any atom is -0.364 e. The van der Waals surface area contributed by atoms with E-state index in [1.165, 1.54) is 22.5 Å². The van der Waals surface area contributed by atoms with E-state index in [1.54, 1.807) is 0 Å². The molecule has 0 bridgehead atoms. The number of nitrogens with zero attached hydrogens (tertiary/aromatic N) is 1. The predicted molar refractivity (Wildman–Crippen MR) is 76.2 cm³/mol. The van der Waals surface area contributed by atoms with Crippen LogP contribution in [0.15, 0.2) is 48.9 Å². The SMILES string of the molecule is Cc1cc(C)c(C(c2ccc[nH]2)c2ccc[nH]2)cn1. The molecule has 0 unspecified atom stereocenters. The van der Waals surface area contributed by atoms with Gasteiger partial charge in [-0.25, -0.2) is 0 Å². The second kappa shape index (κ2) is 4.76. The third-order valence-electron chi connectivity index (χ3n) is 3.47. The van der Waals surface area contributed by atoms with E-state index >= 15 is 0 Å². The van der Waals surface area contributed by atoms with Crippen LogP contribution in [-0.4, -0.2) is 15.0 Å². The van der Waals surface area contributed by atoms with E-state index in [-0.39, 0.29) is 5.92 Å². The van der Waals surface area contributed by atoms with E-state index in [1.807, 2.05) is 37.6 Å². The third-order valence-corrected chi connectivity index (χ3v) is 3.47. The number of H-pyrrole nitrogens is 2. The molecule has 0 atom stereocenters. The maximum Gasteiger partial charge on any atom is 0.0659 e. The molecule has 0 radical (unpaired) electrons. The number of nitrogens with one attached hydrogen (secondary N) is 2. The minimum atomic E-state index is 0.179. The first-order valence-corrected chi connectivity index (χ1v) is 6.45. The van der Waals surface area contributed by atoms with E-state index in [0.29, 0.717) is 0 Å². The van der Waals surface area contributed by atoms with E-state index < -0.39 is 0 Å². The maximum absolute atomic E-state index is 4.45. The van der Waals surface area contributed by atoms with Gasteiger partial charge in [0, 0.05) is 35.7 Å². The summed E-state index contributed by atoms with van der Waals surface area (Å²) >= 11 is 0. The Morgan fingerprint density at radius 2 is 1.63 bits per heavy atom. The molecular formula is C16H17N3. The van der Waals surface area contributed by atoms with Crippen LogP contribution < -0.4 is 0 Å². The molecule has 3 aromatic rings. The maximum atomic E-state index is 4.45. The molecule has 0 aliphatic heterocycles. The van der Waals surface area contributed by atoms with Crippen LogP contribution in [0.1, 0.15) is 34.1 Å². The number of hydrogen-bond donors (Lipinski definition) is 2. The number of pyridine rings is 1. The van der Waals surface area contributed by atoms with Gasteiger partial charge in [-0.05, 0) is 55.3 Å². The first-order chi connectivity index (χ1) is 9.25. The lowest BCUT2D eigenvalue weighted by Crippen LogP contribution is -2.07. The van der Waals surface area contributed by atoms with Crippen LogP contribution in [0, 0.1) is 13.8 Å². The van der Waals surface area contributed by atoms with Gasteiger partial charge in [0.25, 0.3) is 0 Å². The van der Waals surface area contributed by atoms with Gasteiger partial charge in [0.15, 0.2) is 0 Å². The Morgan fingerprint density at radius 1 is 1.00 bits per heavy atom. The largest absolute Gasteiger partial charge is 0.364 e. The van der Waals surface area contributed by atoms with Crippen molar-refractivity contribution in [1.82, 2.24) is 15.0 Å². The Kier molecular flexibility index (Phi) is 2.95. The summed E-state index contributed by atoms with van der Waals surface area (Å²) in [6, 6.07) is 10.4. The minimum absolute atomic E-state index is 0.179. The molecule has 2 N–H and O–H groups in total. The molecular weight excluding hydrogens is 234 g/mol. The number of aromatic nitrogens is 3. The van der Waals surface area contributed by atoms with Crippen molar-refractivity contribution in [2.45, 2.75) is 19.8 Å². The smallest absolute Gasteiger partial charge is 0.0659 e. The summed E-state index contributed by atoms with van der Waals surface area (Å²) in [5, 5.41) is 0. The quantitative estimate of drug-likeness (QED) is 0.734. The fraction of sp³-hybridized carbons (Fsp3) is 0.188. The first-order valence-electron chi connectivity index (χ1n) is 6.45. The van der Waals surface area contributed by atoms with Gasteiger partial charge in [-0.1, -0.05) is 0 Å². The Bertz CT molecular complexity index is 617. The van der Waals surface area contributed by atoms with E-state index in [2.05, 4.69) is 40.1 Å². The van der Waals surface area contributed by atoms with Gasteiger partial charge in [0.1, 0.15) is 0 Å². The Morgan fingerprint density at radius 3 is 2.11 bits per heavy atom. The van der Waals surface area contributed by atoms with E-state index in [4.69, 9.17) is 0 Å². The van der Waals surface area contributed by atoms with Crippen LogP contribution in [-0.2, 0) is 0 Å². The summed E-state index contributed by atoms with van der Waals surface area (Å²) in [6.07, 6.45) is 5.90. The molecule has 0 saturated heterocycles. The monoisotopic (exact) mass is 251 g/mol. The van der Waals surface area contributed by atoms with Crippen LogP contribution in [0.4, 0.5) is 0 Å². The first kappa shape index (κ1) is 11.8. The van der Waals surface area contributed by atoms with Crippen molar-refractivity contribution in [2.24, 2.45) is 0 Å². The second-order valence-corrected chi connectivity index (χ2v) is 4.87. The van der Waals surface area contributed by atoms with Gasteiger partial charge < -0.3 is 9.97 Å². The van der Waals surface area contributed by atoms with Crippen molar-refractivity contribution in [1.29, 1.82) is 0 Å². The molecule has 3 rings (SSSR count). The third kappa shape index (κ3) is 2.19. The summed E-state index contributed by atoms with van der Waals surface area (Å²) < 4.78 is 0. The fourth-order valence-corrected chi connectivity index (χ4v) is 2.56. The fourth-order valence-electron chi connectivity index (χ4n) is 2.56. The topological polar surface area (TPSA) is 44.5 Å².